The summed E-state index contributed by atoms with van der Waals surface area (Å²) in [5.41, 5.74) is 1.53. The number of hydrogen-bond donors (Lipinski definition) is 2. The average Bonchev–Trinajstić information content (AvgIpc) is 3.44. The van der Waals surface area contributed by atoms with Gasteiger partial charge in [0.15, 0.2) is 5.82 Å². The standard InChI is InChI=1S/C21H30N4OS/c1-13-3-6-16-17(11-13)27-21-19(16)20(22-14(2)15-4-5-15)23-18(24-21)12-25-7-9-26-10-8-25/h13-15H,3-12H2,1-2H3,(H,22,23,24)/p+1/t13-,14-/m1/s1. The van der Waals surface area contributed by atoms with Crippen LogP contribution in [0.1, 0.15) is 49.4 Å². The highest BCUT2D eigenvalue weighted by atomic mass is 32.1. The molecule has 5 nitrogen and oxygen atoms in total. The van der Waals surface area contributed by atoms with Gasteiger partial charge >= 0.3 is 0 Å². The van der Waals surface area contributed by atoms with E-state index in [2.05, 4.69) is 19.2 Å². The molecule has 2 fully saturated rings. The van der Waals surface area contributed by atoms with E-state index in [4.69, 9.17) is 14.7 Å². The first-order valence-electron chi connectivity index (χ1n) is 10.7. The van der Waals surface area contributed by atoms with E-state index in [-0.39, 0.29) is 0 Å². The molecule has 1 saturated heterocycles. The highest BCUT2D eigenvalue weighted by molar-refractivity contribution is 7.19. The van der Waals surface area contributed by atoms with Crippen molar-refractivity contribution in [2.45, 2.75) is 58.5 Å². The Morgan fingerprint density at radius 1 is 1.22 bits per heavy atom. The quantitative estimate of drug-likeness (QED) is 0.827. The number of nitrogens with one attached hydrogen (secondary N) is 2. The lowest BCUT2D eigenvalue weighted by molar-refractivity contribution is -0.922. The molecule has 27 heavy (non-hydrogen) atoms. The summed E-state index contributed by atoms with van der Waals surface area (Å²) in [6, 6.07) is 0.504. The summed E-state index contributed by atoms with van der Waals surface area (Å²) < 4.78 is 5.51. The van der Waals surface area contributed by atoms with Gasteiger partial charge in [-0.05, 0) is 56.4 Å². The number of aromatic nitrogens is 2. The van der Waals surface area contributed by atoms with Crippen LogP contribution in [-0.2, 0) is 24.1 Å². The molecule has 3 heterocycles. The number of quaternary nitrogens is 1. The number of rotatable bonds is 5. The van der Waals surface area contributed by atoms with Crippen molar-refractivity contribution in [3.8, 4) is 0 Å². The van der Waals surface area contributed by atoms with Gasteiger partial charge in [-0.3, -0.25) is 0 Å². The minimum absolute atomic E-state index is 0.504. The van der Waals surface area contributed by atoms with Gasteiger partial charge in [0.25, 0.3) is 0 Å². The van der Waals surface area contributed by atoms with Gasteiger partial charge in [-0.2, -0.15) is 0 Å². The minimum Gasteiger partial charge on any atom is -0.370 e. The molecule has 3 aliphatic rings. The predicted molar refractivity (Wildman–Crippen MR) is 110 cm³/mol. The van der Waals surface area contributed by atoms with E-state index < -0.39 is 0 Å². The highest BCUT2D eigenvalue weighted by Gasteiger charge is 2.30. The molecule has 0 bridgehead atoms. The number of thiophene rings is 1. The summed E-state index contributed by atoms with van der Waals surface area (Å²) in [4.78, 5) is 14.4. The zero-order valence-corrected chi connectivity index (χ0v) is 17.3. The molecule has 0 unspecified atom stereocenters. The van der Waals surface area contributed by atoms with E-state index in [1.807, 2.05) is 11.3 Å². The number of morpholine rings is 1. The maximum Gasteiger partial charge on any atom is 0.187 e. The fraction of sp³-hybridized carbons (Fsp3) is 0.714. The third-order valence-electron chi connectivity index (χ3n) is 6.50. The summed E-state index contributed by atoms with van der Waals surface area (Å²) in [6.45, 7) is 9.42. The van der Waals surface area contributed by atoms with Crippen molar-refractivity contribution in [1.82, 2.24) is 9.97 Å². The first-order chi connectivity index (χ1) is 13.2. The summed E-state index contributed by atoms with van der Waals surface area (Å²) in [7, 11) is 0. The van der Waals surface area contributed by atoms with Crippen molar-refractivity contribution in [3.63, 3.8) is 0 Å². The van der Waals surface area contributed by atoms with E-state index in [0.717, 1.165) is 56.3 Å². The topological polar surface area (TPSA) is 51.5 Å². The van der Waals surface area contributed by atoms with Crippen LogP contribution in [0.5, 0.6) is 0 Å². The van der Waals surface area contributed by atoms with E-state index in [0.29, 0.717) is 6.04 Å². The summed E-state index contributed by atoms with van der Waals surface area (Å²) in [5.74, 6) is 3.71. The zero-order valence-electron chi connectivity index (χ0n) is 16.5. The molecule has 0 aromatic carbocycles. The van der Waals surface area contributed by atoms with Gasteiger partial charge in [-0.15, -0.1) is 11.3 Å². The van der Waals surface area contributed by atoms with Crippen LogP contribution in [0.25, 0.3) is 10.2 Å². The molecule has 2 N–H and O–H groups in total. The number of ether oxygens (including phenoxy) is 1. The van der Waals surface area contributed by atoms with Crippen LogP contribution in [0, 0.1) is 11.8 Å². The highest BCUT2D eigenvalue weighted by Crippen LogP contribution is 2.41. The number of hydrogen-bond acceptors (Lipinski definition) is 5. The Morgan fingerprint density at radius 2 is 2.04 bits per heavy atom. The van der Waals surface area contributed by atoms with Crippen LogP contribution in [-0.4, -0.2) is 42.3 Å². The molecule has 5 rings (SSSR count). The molecule has 146 valence electrons. The molecule has 0 spiro atoms. The molecule has 2 aromatic rings. The second kappa shape index (κ2) is 7.30. The van der Waals surface area contributed by atoms with Crippen molar-refractivity contribution < 1.29 is 9.64 Å². The van der Waals surface area contributed by atoms with Crippen molar-refractivity contribution in [2.75, 3.05) is 31.6 Å². The SMILES string of the molecule is C[C@@H]1CCc2c(sc3nc(C[NH+]4CCOCC4)nc(N[C@H](C)C4CC4)c23)C1. The van der Waals surface area contributed by atoms with Crippen molar-refractivity contribution in [2.24, 2.45) is 11.8 Å². The van der Waals surface area contributed by atoms with Crippen molar-refractivity contribution in [1.29, 1.82) is 0 Å². The fourth-order valence-electron chi connectivity index (χ4n) is 4.56. The monoisotopic (exact) mass is 387 g/mol. The van der Waals surface area contributed by atoms with Crippen LogP contribution in [0.2, 0.25) is 0 Å². The van der Waals surface area contributed by atoms with E-state index in [1.54, 1.807) is 4.88 Å². The maximum atomic E-state index is 5.51. The normalized spacial score (nSPS) is 24.7. The van der Waals surface area contributed by atoms with Crippen molar-refractivity contribution >= 4 is 27.4 Å². The Bertz CT molecular complexity index is 825. The predicted octanol–water partition coefficient (Wildman–Crippen LogP) is 2.44. The van der Waals surface area contributed by atoms with Crippen molar-refractivity contribution in [3.05, 3.63) is 16.3 Å². The molecule has 6 heteroatoms. The lowest BCUT2D eigenvalue weighted by atomic mass is 9.89. The summed E-state index contributed by atoms with van der Waals surface area (Å²) in [5, 5.41) is 5.12. The number of aryl methyl sites for hydroxylation is 1. The summed E-state index contributed by atoms with van der Waals surface area (Å²) in [6.07, 6.45) is 6.38. The molecule has 2 aromatic heterocycles. The van der Waals surface area contributed by atoms with Gasteiger partial charge in [0.1, 0.15) is 30.3 Å². The van der Waals surface area contributed by atoms with Gasteiger partial charge in [-0.1, -0.05) is 6.92 Å². The first-order valence-corrected chi connectivity index (χ1v) is 11.5. The lowest BCUT2D eigenvalue weighted by Gasteiger charge is -2.23. The van der Waals surface area contributed by atoms with Crippen LogP contribution in [0.3, 0.4) is 0 Å². The number of anilines is 1. The van der Waals surface area contributed by atoms with Gasteiger partial charge in [0, 0.05) is 10.9 Å². The van der Waals surface area contributed by atoms with Gasteiger partial charge in [-0.25, -0.2) is 9.97 Å². The third-order valence-corrected chi connectivity index (χ3v) is 7.65. The number of fused-ring (bicyclic) bond motifs is 3. The second-order valence-electron chi connectivity index (χ2n) is 8.83. The molecule has 0 radical (unpaired) electrons. The fourth-order valence-corrected chi connectivity index (χ4v) is 5.96. The second-order valence-corrected chi connectivity index (χ2v) is 9.91. The Kier molecular flexibility index (Phi) is 4.82. The zero-order chi connectivity index (χ0) is 18.4. The summed E-state index contributed by atoms with van der Waals surface area (Å²) >= 11 is 1.92. The molecule has 1 aliphatic heterocycles. The Hall–Kier alpha value is -1.24. The molecular weight excluding hydrogens is 356 g/mol. The van der Waals surface area contributed by atoms with Gasteiger partial charge in [0.05, 0.1) is 18.6 Å². The van der Waals surface area contributed by atoms with E-state index >= 15 is 0 Å². The Morgan fingerprint density at radius 3 is 2.81 bits per heavy atom. The molecule has 2 aliphatic carbocycles. The third kappa shape index (κ3) is 3.71. The van der Waals surface area contributed by atoms with Crippen LogP contribution < -0.4 is 10.2 Å². The minimum atomic E-state index is 0.504. The Labute approximate surface area is 165 Å². The largest absolute Gasteiger partial charge is 0.370 e. The van der Waals surface area contributed by atoms with Gasteiger partial charge < -0.3 is 15.0 Å². The van der Waals surface area contributed by atoms with Crippen LogP contribution in [0.15, 0.2) is 0 Å². The Balaban J connectivity index is 1.51. The van der Waals surface area contributed by atoms with Gasteiger partial charge in [0.2, 0.25) is 0 Å². The van der Waals surface area contributed by atoms with Crippen LogP contribution in [0.4, 0.5) is 5.82 Å². The van der Waals surface area contributed by atoms with E-state index in [9.17, 15) is 0 Å². The lowest BCUT2D eigenvalue weighted by Crippen LogP contribution is -3.12. The van der Waals surface area contributed by atoms with E-state index in [1.165, 1.54) is 52.8 Å². The number of nitrogens with zero attached hydrogens (tertiary/aromatic N) is 2. The molecular formula is C21H31N4OS+. The smallest absolute Gasteiger partial charge is 0.187 e. The first kappa shape index (κ1) is 17.8. The maximum absolute atomic E-state index is 5.51. The van der Waals surface area contributed by atoms with Crippen LogP contribution >= 0.6 is 11.3 Å². The molecule has 0 amide bonds. The molecule has 2 atom stereocenters. The molecule has 1 saturated carbocycles. The average molecular weight is 388 g/mol.